The van der Waals surface area contributed by atoms with Crippen LogP contribution in [0, 0.1) is 0 Å². The largest absolute Gasteiger partial charge is 0.497 e. The summed E-state index contributed by atoms with van der Waals surface area (Å²) in [6.45, 7) is 0.576. The molecule has 0 fully saturated rings. The van der Waals surface area contributed by atoms with Gasteiger partial charge in [-0.3, -0.25) is 4.68 Å². The van der Waals surface area contributed by atoms with Gasteiger partial charge in [-0.1, -0.05) is 5.21 Å². The second-order valence-corrected chi connectivity index (χ2v) is 5.70. The van der Waals surface area contributed by atoms with Crippen molar-refractivity contribution in [2.75, 3.05) is 19.4 Å². The maximum Gasteiger partial charge on any atom is 0.242 e. The van der Waals surface area contributed by atoms with Crippen LogP contribution in [0.5, 0.6) is 5.75 Å². The summed E-state index contributed by atoms with van der Waals surface area (Å²) < 4.78 is 33.2. The van der Waals surface area contributed by atoms with Crippen LogP contribution in [0.25, 0.3) is 0 Å². The molecule has 0 aliphatic heterocycles. The lowest BCUT2D eigenvalue weighted by Crippen LogP contribution is -2.28. The number of nitrogen functional groups attached to an aromatic ring is 1. The fourth-order valence-electron chi connectivity index (χ4n) is 1.62. The smallest absolute Gasteiger partial charge is 0.242 e. The Bertz CT molecular complexity index is 669. The van der Waals surface area contributed by atoms with Crippen LogP contribution in [0.2, 0.25) is 0 Å². The van der Waals surface area contributed by atoms with Gasteiger partial charge in [0, 0.05) is 18.8 Å². The molecule has 0 radical (unpaired) electrons. The van der Waals surface area contributed by atoms with E-state index in [1.807, 2.05) is 0 Å². The Kier molecular flexibility index (Phi) is 4.20. The predicted molar refractivity (Wildman–Crippen MR) is 72.6 cm³/mol. The van der Waals surface area contributed by atoms with Crippen LogP contribution in [-0.4, -0.2) is 37.1 Å². The molecule has 1 heterocycles. The third kappa shape index (κ3) is 3.25. The molecule has 3 N–H and O–H groups in total. The van der Waals surface area contributed by atoms with Gasteiger partial charge in [0.15, 0.2) is 0 Å². The highest BCUT2D eigenvalue weighted by Crippen LogP contribution is 2.23. The molecule has 0 unspecified atom stereocenters. The summed E-state index contributed by atoms with van der Waals surface area (Å²) >= 11 is 0. The van der Waals surface area contributed by atoms with E-state index in [0.29, 0.717) is 12.3 Å². The number of hydrogen-bond acceptors (Lipinski definition) is 6. The van der Waals surface area contributed by atoms with Crippen molar-refractivity contribution in [2.45, 2.75) is 11.4 Å². The van der Waals surface area contributed by atoms with E-state index in [1.54, 1.807) is 12.3 Å². The number of rotatable bonds is 6. The van der Waals surface area contributed by atoms with Crippen LogP contribution >= 0.6 is 0 Å². The normalized spacial score (nSPS) is 11.4. The van der Waals surface area contributed by atoms with E-state index in [-0.39, 0.29) is 17.1 Å². The standard InChI is InChI=1S/C11H15N5O3S/c1-19-9-2-3-11(10(12)8-9)20(17,18)14-5-7-16-6-4-13-15-16/h2-4,6,8,14H,5,7,12H2,1H3. The molecular weight excluding hydrogens is 282 g/mol. The van der Waals surface area contributed by atoms with Gasteiger partial charge in [-0.25, -0.2) is 13.1 Å². The highest BCUT2D eigenvalue weighted by atomic mass is 32.2. The number of anilines is 1. The molecule has 0 spiro atoms. The highest BCUT2D eigenvalue weighted by molar-refractivity contribution is 7.89. The summed E-state index contributed by atoms with van der Waals surface area (Å²) in [6, 6.07) is 4.42. The highest BCUT2D eigenvalue weighted by Gasteiger charge is 2.17. The van der Waals surface area contributed by atoms with E-state index in [4.69, 9.17) is 10.5 Å². The van der Waals surface area contributed by atoms with Crippen LogP contribution in [0.15, 0.2) is 35.5 Å². The second kappa shape index (κ2) is 5.88. The molecule has 20 heavy (non-hydrogen) atoms. The van der Waals surface area contributed by atoms with E-state index in [9.17, 15) is 8.42 Å². The Hall–Kier alpha value is -2.13. The molecule has 8 nitrogen and oxygen atoms in total. The van der Waals surface area contributed by atoms with Crippen LogP contribution in [0.4, 0.5) is 5.69 Å². The third-order valence-electron chi connectivity index (χ3n) is 2.61. The Morgan fingerprint density at radius 2 is 2.25 bits per heavy atom. The Morgan fingerprint density at radius 1 is 1.45 bits per heavy atom. The topological polar surface area (TPSA) is 112 Å². The molecule has 2 rings (SSSR count). The molecular formula is C11H15N5O3S. The number of aromatic nitrogens is 3. The van der Waals surface area contributed by atoms with E-state index >= 15 is 0 Å². The zero-order valence-corrected chi connectivity index (χ0v) is 11.7. The number of benzene rings is 1. The van der Waals surface area contributed by atoms with Crippen molar-refractivity contribution in [3.8, 4) is 5.75 Å². The lowest BCUT2D eigenvalue weighted by molar-refractivity contribution is 0.414. The summed E-state index contributed by atoms with van der Waals surface area (Å²) in [4.78, 5) is 0.0249. The van der Waals surface area contributed by atoms with Gasteiger partial charge in [-0.05, 0) is 12.1 Å². The lowest BCUT2D eigenvalue weighted by Gasteiger charge is -2.10. The molecule has 2 aromatic rings. The van der Waals surface area contributed by atoms with Gasteiger partial charge in [0.2, 0.25) is 10.0 Å². The summed E-state index contributed by atoms with van der Waals surface area (Å²) in [5.74, 6) is 0.504. The van der Waals surface area contributed by atoms with Crippen molar-refractivity contribution in [1.29, 1.82) is 0 Å². The Balaban J connectivity index is 2.06. The molecule has 0 saturated heterocycles. The SMILES string of the molecule is COc1ccc(S(=O)(=O)NCCn2ccnn2)c(N)c1. The van der Waals surface area contributed by atoms with Crippen molar-refractivity contribution in [1.82, 2.24) is 19.7 Å². The molecule has 0 saturated carbocycles. The number of nitrogens with two attached hydrogens (primary N) is 1. The minimum absolute atomic E-state index is 0.0249. The summed E-state index contributed by atoms with van der Waals surface area (Å²) in [5, 5.41) is 7.37. The molecule has 0 bridgehead atoms. The van der Waals surface area contributed by atoms with Crippen LogP contribution in [-0.2, 0) is 16.6 Å². The van der Waals surface area contributed by atoms with Crippen molar-refractivity contribution in [3.63, 3.8) is 0 Å². The maximum atomic E-state index is 12.1. The van der Waals surface area contributed by atoms with Crippen LogP contribution in [0.1, 0.15) is 0 Å². The molecule has 0 amide bonds. The minimum Gasteiger partial charge on any atom is -0.497 e. The first-order chi connectivity index (χ1) is 9.53. The van der Waals surface area contributed by atoms with Gasteiger partial charge < -0.3 is 10.5 Å². The Morgan fingerprint density at radius 3 is 2.85 bits per heavy atom. The monoisotopic (exact) mass is 297 g/mol. The number of methoxy groups -OCH3 is 1. The van der Waals surface area contributed by atoms with Gasteiger partial charge in [-0.2, -0.15) is 0 Å². The number of nitrogens with one attached hydrogen (secondary N) is 1. The molecule has 108 valence electrons. The molecule has 0 aliphatic rings. The van der Waals surface area contributed by atoms with E-state index < -0.39 is 10.0 Å². The zero-order chi connectivity index (χ0) is 14.6. The lowest BCUT2D eigenvalue weighted by atomic mass is 10.3. The maximum absolute atomic E-state index is 12.1. The number of hydrogen-bond donors (Lipinski definition) is 2. The molecule has 1 aromatic heterocycles. The first kappa shape index (κ1) is 14.3. The van der Waals surface area contributed by atoms with Crippen molar-refractivity contribution >= 4 is 15.7 Å². The van der Waals surface area contributed by atoms with Crippen molar-refractivity contribution < 1.29 is 13.2 Å². The van der Waals surface area contributed by atoms with Gasteiger partial charge in [0.1, 0.15) is 10.6 Å². The fraction of sp³-hybridized carbons (Fsp3) is 0.273. The number of sulfonamides is 1. The fourth-order valence-corrected chi connectivity index (χ4v) is 2.75. The van der Waals surface area contributed by atoms with Gasteiger partial charge >= 0.3 is 0 Å². The first-order valence-electron chi connectivity index (χ1n) is 5.80. The van der Waals surface area contributed by atoms with Gasteiger partial charge in [0.25, 0.3) is 0 Å². The second-order valence-electron chi connectivity index (χ2n) is 3.97. The van der Waals surface area contributed by atoms with E-state index in [0.717, 1.165) is 0 Å². The number of ether oxygens (including phenoxy) is 1. The number of nitrogens with zero attached hydrogens (tertiary/aromatic N) is 3. The van der Waals surface area contributed by atoms with Crippen molar-refractivity contribution in [3.05, 3.63) is 30.6 Å². The van der Waals surface area contributed by atoms with E-state index in [2.05, 4.69) is 15.0 Å². The summed E-state index contributed by atoms with van der Waals surface area (Å²) in [5.41, 5.74) is 5.86. The quantitative estimate of drug-likeness (QED) is 0.717. The summed E-state index contributed by atoms with van der Waals surface area (Å²) in [7, 11) is -2.18. The zero-order valence-electron chi connectivity index (χ0n) is 10.9. The molecule has 9 heteroatoms. The molecule has 0 aliphatic carbocycles. The van der Waals surface area contributed by atoms with E-state index in [1.165, 1.54) is 30.1 Å². The molecule has 1 aromatic carbocycles. The average molecular weight is 297 g/mol. The first-order valence-corrected chi connectivity index (χ1v) is 7.28. The van der Waals surface area contributed by atoms with Crippen molar-refractivity contribution in [2.24, 2.45) is 0 Å². The molecule has 0 atom stereocenters. The van der Waals surface area contributed by atoms with Gasteiger partial charge in [0.05, 0.1) is 25.5 Å². The summed E-state index contributed by atoms with van der Waals surface area (Å²) in [6.07, 6.45) is 3.17. The minimum atomic E-state index is -3.66. The van der Waals surface area contributed by atoms with Crippen LogP contribution < -0.4 is 15.2 Å². The third-order valence-corrected chi connectivity index (χ3v) is 4.15. The van der Waals surface area contributed by atoms with Crippen LogP contribution in [0.3, 0.4) is 0 Å². The Labute approximate surface area is 116 Å². The predicted octanol–water partition coefficient (Wildman–Crippen LogP) is -0.153. The van der Waals surface area contributed by atoms with Gasteiger partial charge in [-0.15, -0.1) is 5.10 Å². The average Bonchev–Trinajstić information content (AvgIpc) is 2.91.